The van der Waals surface area contributed by atoms with E-state index < -0.39 is 10.0 Å². The average molecular weight is 492 g/mol. The minimum atomic E-state index is -3.87. The summed E-state index contributed by atoms with van der Waals surface area (Å²) in [6.45, 7) is 2.85. The van der Waals surface area contributed by atoms with Crippen molar-refractivity contribution in [1.82, 2.24) is 9.62 Å². The molecule has 1 saturated heterocycles. The summed E-state index contributed by atoms with van der Waals surface area (Å²) in [7, 11) is -3.87. The zero-order chi connectivity index (χ0) is 23.6. The van der Waals surface area contributed by atoms with Crippen LogP contribution in [0.15, 0.2) is 47.4 Å². The first kappa shape index (κ1) is 23.5. The number of nitrogens with zero attached hydrogens (tertiary/aromatic N) is 1. The van der Waals surface area contributed by atoms with Crippen LogP contribution in [0.4, 0.5) is 5.69 Å². The highest BCUT2D eigenvalue weighted by atomic mass is 35.5. The second-order valence-electron chi connectivity index (χ2n) is 8.35. The maximum absolute atomic E-state index is 13.2. The zero-order valence-corrected chi connectivity index (χ0v) is 19.8. The third kappa shape index (κ3) is 5.15. The van der Waals surface area contributed by atoms with Gasteiger partial charge >= 0.3 is 0 Å². The number of fused-ring (bicyclic) bond motifs is 1. The number of carbonyl (C=O) groups excluding carboxylic acids is 2. The molecule has 0 radical (unpaired) electrons. The van der Waals surface area contributed by atoms with Gasteiger partial charge in [-0.1, -0.05) is 48.9 Å². The van der Waals surface area contributed by atoms with E-state index in [0.717, 1.165) is 5.56 Å². The van der Waals surface area contributed by atoms with Crippen molar-refractivity contribution in [2.24, 2.45) is 5.92 Å². The number of ether oxygens (including phenoxy) is 1. The van der Waals surface area contributed by atoms with E-state index in [0.29, 0.717) is 25.1 Å². The molecule has 2 heterocycles. The Bertz CT molecular complexity index is 1150. The fourth-order valence-electron chi connectivity index (χ4n) is 4.07. The first-order chi connectivity index (χ1) is 15.8. The topological polar surface area (TPSA) is 105 Å². The number of benzene rings is 2. The van der Waals surface area contributed by atoms with Crippen LogP contribution in [-0.4, -0.2) is 50.8 Å². The predicted molar refractivity (Wildman–Crippen MR) is 125 cm³/mol. The molecule has 1 fully saturated rings. The van der Waals surface area contributed by atoms with Crippen LogP contribution in [0.5, 0.6) is 5.75 Å². The van der Waals surface area contributed by atoms with E-state index in [9.17, 15) is 18.0 Å². The molecule has 33 heavy (non-hydrogen) atoms. The van der Waals surface area contributed by atoms with Crippen LogP contribution in [0, 0.1) is 5.92 Å². The van der Waals surface area contributed by atoms with E-state index in [1.807, 2.05) is 30.3 Å². The number of sulfonamides is 1. The minimum Gasteiger partial charge on any atom is -0.482 e. The lowest BCUT2D eigenvalue weighted by Crippen LogP contribution is -2.43. The molecule has 0 aliphatic carbocycles. The number of nitrogens with one attached hydrogen (secondary N) is 2. The molecule has 2 amide bonds. The van der Waals surface area contributed by atoms with Crippen molar-refractivity contribution in [1.29, 1.82) is 0 Å². The molecule has 2 aromatic carbocycles. The SMILES string of the molecule is CC(CNC(=O)C1CCN(S(=O)(=O)c2cc3c(cc2Cl)NC(=O)CO3)CC1)c1ccccc1. The number of rotatable bonds is 6. The third-order valence-corrected chi connectivity index (χ3v) is 8.42. The Morgan fingerprint density at radius 3 is 2.64 bits per heavy atom. The third-order valence-electron chi connectivity index (χ3n) is 6.06. The lowest BCUT2D eigenvalue weighted by atomic mass is 9.96. The molecule has 10 heteroatoms. The minimum absolute atomic E-state index is 0.00863. The van der Waals surface area contributed by atoms with Crippen molar-refractivity contribution < 1.29 is 22.7 Å². The van der Waals surface area contributed by atoms with Crippen LogP contribution >= 0.6 is 11.6 Å². The van der Waals surface area contributed by atoms with Gasteiger partial charge in [-0.25, -0.2) is 8.42 Å². The van der Waals surface area contributed by atoms with Gasteiger partial charge in [-0.05, 0) is 30.4 Å². The molecule has 176 valence electrons. The monoisotopic (exact) mass is 491 g/mol. The van der Waals surface area contributed by atoms with Gasteiger partial charge in [0.15, 0.2) is 6.61 Å². The van der Waals surface area contributed by atoms with Gasteiger partial charge < -0.3 is 15.4 Å². The Hall–Kier alpha value is -2.62. The summed E-state index contributed by atoms with van der Waals surface area (Å²) >= 11 is 6.24. The summed E-state index contributed by atoms with van der Waals surface area (Å²) in [5.41, 5.74) is 1.50. The molecule has 0 aromatic heterocycles. The van der Waals surface area contributed by atoms with Crippen LogP contribution in [-0.2, 0) is 19.6 Å². The molecule has 2 N–H and O–H groups in total. The lowest BCUT2D eigenvalue weighted by molar-refractivity contribution is -0.126. The van der Waals surface area contributed by atoms with E-state index in [1.165, 1.54) is 16.4 Å². The van der Waals surface area contributed by atoms with Crippen molar-refractivity contribution in [2.75, 3.05) is 31.6 Å². The van der Waals surface area contributed by atoms with Crippen LogP contribution < -0.4 is 15.4 Å². The van der Waals surface area contributed by atoms with Crippen molar-refractivity contribution in [3.63, 3.8) is 0 Å². The molecule has 0 bridgehead atoms. The Morgan fingerprint density at radius 1 is 1.24 bits per heavy atom. The highest BCUT2D eigenvalue weighted by Crippen LogP contribution is 2.37. The van der Waals surface area contributed by atoms with Crippen LogP contribution in [0.25, 0.3) is 0 Å². The molecule has 1 atom stereocenters. The smallest absolute Gasteiger partial charge is 0.262 e. The molecule has 0 spiro atoms. The number of amides is 2. The van der Waals surface area contributed by atoms with Gasteiger partial charge in [0.05, 0.1) is 10.7 Å². The van der Waals surface area contributed by atoms with Gasteiger partial charge in [0.25, 0.3) is 5.91 Å². The molecule has 2 aliphatic heterocycles. The van der Waals surface area contributed by atoms with E-state index in [-0.39, 0.29) is 59.0 Å². The van der Waals surface area contributed by atoms with Crippen LogP contribution in [0.3, 0.4) is 0 Å². The highest BCUT2D eigenvalue weighted by molar-refractivity contribution is 7.89. The maximum atomic E-state index is 13.2. The molecule has 0 saturated carbocycles. The predicted octanol–water partition coefficient (Wildman–Crippen LogP) is 2.99. The van der Waals surface area contributed by atoms with Crippen molar-refractivity contribution in [3.8, 4) is 5.75 Å². The largest absolute Gasteiger partial charge is 0.482 e. The van der Waals surface area contributed by atoms with Crippen LogP contribution in [0.2, 0.25) is 5.02 Å². The van der Waals surface area contributed by atoms with E-state index in [2.05, 4.69) is 17.6 Å². The fourth-order valence-corrected chi connectivity index (χ4v) is 6.06. The van der Waals surface area contributed by atoms with E-state index >= 15 is 0 Å². The van der Waals surface area contributed by atoms with Gasteiger partial charge in [0, 0.05) is 31.6 Å². The first-order valence-electron chi connectivity index (χ1n) is 10.8. The molecule has 2 aromatic rings. The van der Waals surface area contributed by atoms with E-state index in [4.69, 9.17) is 16.3 Å². The van der Waals surface area contributed by atoms with Gasteiger partial charge in [0.2, 0.25) is 15.9 Å². The average Bonchev–Trinajstić information content (AvgIpc) is 2.82. The Balaban J connectivity index is 1.36. The number of carbonyl (C=O) groups is 2. The van der Waals surface area contributed by atoms with E-state index in [1.54, 1.807) is 0 Å². The standard InChI is InChI=1S/C23H26ClN3O5S/c1-15(16-5-3-2-4-6-16)13-25-23(29)17-7-9-27(10-8-17)33(30,31)21-12-20-19(11-18(21)24)26-22(28)14-32-20/h2-6,11-12,15,17H,7-10,13-14H2,1H3,(H,25,29)(H,26,28). The summed E-state index contributed by atoms with van der Waals surface area (Å²) in [6.07, 6.45) is 0.861. The summed E-state index contributed by atoms with van der Waals surface area (Å²) in [6, 6.07) is 12.7. The van der Waals surface area contributed by atoms with Gasteiger partial charge in [0.1, 0.15) is 10.6 Å². The molecular formula is C23H26ClN3O5S. The summed E-state index contributed by atoms with van der Waals surface area (Å²) < 4.78 is 33.1. The van der Waals surface area contributed by atoms with Crippen molar-refractivity contribution in [3.05, 3.63) is 53.1 Å². The summed E-state index contributed by atoms with van der Waals surface area (Å²) in [4.78, 5) is 24.0. The van der Waals surface area contributed by atoms with Crippen LogP contribution in [0.1, 0.15) is 31.2 Å². The quantitative estimate of drug-likeness (QED) is 0.646. The first-order valence-corrected chi connectivity index (χ1v) is 12.7. The Kier molecular flexibility index (Phi) is 6.92. The van der Waals surface area contributed by atoms with Crippen molar-refractivity contribution >= 4 is 39.1 Å². The zero-order valence-electron chi connectivity index (χ0n) is 18.2. The number of hydrogen-bond donors (Lipinski definition) is 2. The number of anilines is 1. The second kappa shape index (κ2) is 9.70. The molecule has 2 aliphatic rings. The lowest BCUT2D eigenvalue weighted by Gasteiger charge is -2.31. The van der Waals surface area contributed by atoms with Crippen molar-refractivity contribution in [2.45, 2.75) is 30.6 Å². The van der Waals surface area contributed by atoms with Gasteiger partial charge in [-0.3, -0.25) is 9.59 Å². The molecule has 4 rings (SSSR count). The number of hydrogen-bond acceptors (Lipinski definition) is 5. The maximum Gasteiger partial charge on any atom is 0.262 e. The normalized spacial score (nSPS) is 18.1. The summed E-state index contributed by atoms with van der Waals surface area (Å²) in [5, 5.41) is 5.62. The fraction of sp³-hybridized carbons (Fsp3) is 0.391. The van der Waals surface area contributed by atoms with Gasteiger partial charge in [-0.15, -0.1) is 0 Å². The molecule has 8 nitrogen and oxygen atoms in total. The molecular weight excluding hydrogens is 466 g/mol. The van der Waals surface area contributed by atoms with Gasteiger partial charge in [-0.2, -0.15) is 4.31 Å². The number of piperidine rings is 1. The molecule has 1 unspecified atom stereocenters. The second-order valence-corrected chi connectivity index (χ2v) is 10.7. The Morgan fingerprint density at radius 2 is 1.94 bits per heavy atom. The summed E-state index contributed by atoms with van der Waals surface area (Å²) in [5.74, 6) is -0.163. The number of halogens is 1. The Labute approximate surface area is 198 Å². The highest BCUT2D eigenvalue weighted by Gasteiger charge is 2.34.